The third-order valence-corrected chi connectivity index (χ3v) is 5.42. The summed E-state index contributed by atoms with van der Waals surface area (Å²) in [5.41, 5.74) is 0. The van der Waals surface area contributed by atoms with Gasteiger partial charge in [-0.05, 0) is 25.7 Å². The van der Waals surface area contributed by atoms with Gasteiger partial charge in [-0.3, -0.25) is 0 Å². The number of piperidine rings is 1. The Balaban J connectivity index is 1.49. The molecule has 4 rings (SSSR count). The molecule has 0 saturated carbocycles. The van der Waals surface area contributed by atoms with E-state index in [0.29, 0.717) is 0 Å². The minimum absolute atomic E-state index is 0.167. The molecule has 1 N–H and O–H groups in total. The zero-order chi connectivity index (χ0) is 17.2. The summed E-state index contributed by atoms with van der Waals surface area (Å²) in [6.45, 7) is 3.93. The predicted octanol–water partition coefficient (Wildman–Crippen LogP) is 1.76. The quantitative estimate of drug-likeness (QED) is 0.913. The van der Waals surface area contributed by atoms with Crippen molar-refractivity contribution < 1.29 is 5.11 Å². The summed E-state index contributed by atoms with van der Waals surface area (Å²) in [6.07, 6.45) is 9.29. The van der Waals surface area contributed by atoms with Crippen LogP contribution in [0.15, 0.2) is 24.8 Å². The molecule has 0 bridgehead atoms. The number of hydrogen-bond donors (Lipinski definition) is 1. The molecule has 2 aliphatic rings. The Labute approximate surface area is 148 Å². The van der Waals surface area contributed by atoms with Crippen molar-refractivity contribution in [2.24, 2.45) is 13.0 Å². The Morgan fingerprint density at radius 1 is 1.04 bits per heavy atom. The van der Waals surface area contributed by atoms with Gasteiger partial charge in [0.2, 0.25) is 0 Å². The molecule has 0 aromatic carbocycles. The molecule has 25 heavy (non-hydrogen) atoms. The Morgan fingerprint density at radius 3 is 2.48 bits per heavy atom. The van der Waals surface area contributed by atoms with Gasteiger partial charge in [0, 0.05) is 57.6 Å². The highest BCUT2D eigenvalue weighted by Crippen LogP contribution is 2.31. The number of aliphatic hydroxyl groups excluding tert-OH is 1. The molecule has 2 aromatic heterocycles. The zero-order valence-corrected chi connectivity index (χ0v) is 14.8. The highest BCUT2D eigenvalue weighted by molar-refractivity contribution is 5.50. The van der Waals surface area contributed by atoms with Gasteiger partial charge in [-0.2, -0.15) is 0 Å². The summed E-state index contributed by atoms with van der Waals surface area (Å²) in [5, 5.41) is 10.8. The number of rotatable bonds is 4. The Kier molecular flexibility index (Phi) is 4.57. The molecule has 2 aromatic rings. The number of aliphatic hydroxyl groups is 1. The predicted molar refractivity (Wildman–Crippen MR) is 96.6 cm³/mol. The maximum Gasteiger partial charge on any atom is 0.137 e. The number of aryl methyl sites for hydroxylation is 1. The highest BCUT2D eigenvalue weighted by Gasteiger charge is 2.30. The van der Waals surface area contributed by atoms with Gasteiger partial charge in [0.25, 0.3) is 0 Å². The van der Waals surface area contributed by atoms with Crippen LogP contribution in [-0.2, 0) is 7.05 Å². The fourth-order valence-electron chi connectivity index (χ4n) is 3.98. The summed E-state index contributed by atoms with van der Waals surface area (Å²) >= 11 is 0. The first-order valence-corrected chi connectivity index (χ1v) is 9.19. The van der Waals surface area contributed by atoms with Crippen LogP contribution in [0.4, 0.5) is 11.6 Å². The van der Waals surface area contributed by atoms with Crippen LogP contribution in [0.1, 0.15) is 37.6 Å². The normalized spacial score (nSPS) is 22.4. The first-order chi connectivity index (χ1) is 12.2. The largest absolute Gasteiger partial charge is 0.385 e. The number of nitrogens with zero attached hydrogens (tertiary/aromatic N) is 6. The average molecular weight is 342 g/mol. The van der Waals surface area contributed by atoms with E-state index in [0.717, 1.165) is 56.5 Å². The van der Waals surface area contributed by atoms with Crippen LogP contribution in [0.5, 0.6) is 0 Å². The smallest absolute Gasteiger partial charge is 0.137 e. The van der Waals surface area contributed by atoms with E-state index >= 15 is 0 Å². The van der Waals surface area contributed by atoms with E-state index in [1.54, 1.807) is 12.5 Å². The van der Waals surface area contributed by atoms with Gasteiger partial charge in [-0.1, -0.05) is 0 Å². The van der Waals surface area contributed by atoms with Crippen molar-refractivity contribution in [3.05, 3.63) is 30.6 Å². The van der Waals surface area contributed by atoms with Gasteiger partial charge in [-0.15, -0.1) is 0 Å². The van der Waals surface area contributed by atoms with Gasteiger partial charge in [-0.25, -0.2) is 15.0 Å². The molecule has 134 valence electrons. The lowest BCUT2D eigenvalue weighted by Crippen LogP contribution is -2.39. The molecule has 7 nitrogen and oxygen atoms in total. The lowest BCUT2D eigenvalue weighted by Gasteiger charge is -2.35. The second kappa shape index (κ2) is 7.00. The van der Waals surface area contributed by atoms with Crippen molar-refractivity contribution in [2.45, 2.75) is 31.8 Å². The summed E-state index contributed by atoms with van der Waals surface area (Å²) in [7, 11) is 1.93. The van der Waals surface area contributed by atoms with Gasteiger partial charge in [0.05, 0.1) is 0 Å². The lowest BCUT2D eigenvalue weighted by molar-refractivity contribution is 0.0874. The van der Waals surface area contributed by atoms with Crippen molar-refractivity contribution in [1.82, 2.24) is 19.5 Å². The van der Waals surface area contributed by atoms with Crippen LogP contribution in [0, 0.1) is 5.92 Å². The second-order valence-electron chi connectivity index (χ2n) is 7.12. The van der Waals surface area contributed by atoms with Gasteiger partial charge in [0.15, 0.2) is 0 Å². The van der Waals surface area contributed by atoms with Crippen molar-refractivity contribution in [3.63, 3.8) is 0 Å². The van der Waals surface area contributed by atoms with E-state index in [1.807, 2.05) is 17.8 Å². The number of aromatic nitrogens is 4. The van der Waals surface area contributed by atoms with Crippen LogP contribution in [0.2, 0.25) is 0 Å². The SMILES string of the molecule is Cn1ccnc1[C@@H](O)[C@H]1CCCN(c2cc(N3CCCC3)ncn2)C1. The third-order valence-electron chi connectivity index (χ3n) is 5.42. The highest BCUT2D eigenvalue weighted by atomic mass is 16.3. The van der Waals surface area contributed by atoms with Gasteiger partial charge < -0.3 is 19.5 Å². The molecule has 0 spiro atoms. The topological polar surface area (TPSA) is 70.3 Å². The van der Waals surface area contributed by atoms with Gasteiger partial charge in [0.1, 0.15) is 29.9 Å². The fourth-order valence-corrected chi connectivity index (χ4v) is 3.98. The molecule has 0 radical (unpaired) electrons. The Bertz CT molecular complexity index is 711. The van der Waals surface area contributed by atoms with Crippen molar-refractivity contribution in [2.75, 3.05) is 36.0 Å². The minimum atomic E-state index is -0.539. The molecule has 4 heterocycles. The van der Waals surface area contributed by atoms with Crippen LogP contribution < -0.4 is 9.80 Å². The second-order valence-corrected chi connectivity index (χ2v) is 7.12. The molecule has 2 saturated heterocycles. The fraction of sp³-hybridized carbons (Fsp3) is 0.611. The average Bonchev–Trinajstić information content (AvgIpc) is 3.33. The van der Waals surface area contributed by atoms with Crippen molar-refractivity contribution in [3.8, 4) is 0 Å². The lowest BCUT2D eigenvalue weighted by atomic mass is 9.92. The standard InChI is InChI=1S/C18H26N6O/c1-22-10-6-19-18(22)17(25)14-5-4-9-24(12-14)16-11-15(20-13-21-16)23-7-2-3-8-23/h6,10-11,13-14,17,25H,2-5,7-9,12H2,1H3/t14-,17-/m0/s1. The van der Waals surface area contributed by atoms with Crippen LogP contribution in [-0.4, -0.2) is 50.8 Å². The number of hydrogen-bond acceptors (Lipinski definition) is 6. The molecule has 7 heteroatoms. The summed E-state index contributed by atoms with van der Waals surface area (Å²) in [6, 6.07) is 2.10. The van der Waals surface area contributed by atoms with Crippen molar-refractivity contribution in [1.29, 1.82) is 0 Å². The monoisotopic (exact) mass is 342 g/mol. The third kappa shape index (κ3) is 3.33. The van der Waals surface area contributed by atoms with E-state index in [4.69, 9.17) is 0 Å². The van der Waals surface area contributed by atoms with E-state index in [-0.39, 0.29) is 5.92 Å². The molecular weight excluding hydrogens is 316 g/mol. The summed E-state index contributed by atoms with van der Waals surface area (Å²) < 4.78 is 1.90. The first-order valence-electron chi connectivity index (χ1n) is 9.19. The molecule has 2 atom stereocenters. The first kappa shape index (κ1) is 16.3. The number of anilines is 2. The molecule has 0 amide bonds. The zero-order valence-electron chi connectivity index (χ0n) is 14.8. The maximum atomic E-state index is 10.8. The summed E-state index contributed by atoms with van der Waals surface area (Å²) in [4.78, 5) is 17.9. The molecular formula is C18H26N6O. The molecule has 0 unspecified atom stereocenters. The molecule has 0 aliphatic carbocycles. The van der Waals surface area contributed by atoms with E-state index in [1.165, 1.54) is 12.8 Å². The van der Waals surface area contributed by atoms with Crippen LogP contribution >= 0.6 is 0 Å². The Morgan fingerprint density at radius 2 is 1.76 bits per heavy atom. The Hall–Kier alpha value is -2.15. The number of imidazole rings is 1. The van der Waals surface area contributed by atoms with E-state index in [9.17, 15) is 5.11 Å². The minimum Gasteiger partial charge on any atom is -0.385 e. The van der Waals surface area contributed by atoms with Crippen LogP contribution in [0.25, 0.3) is 0 Å². The van der Waals surface area contributed by atoms with Crippen LogP contribution in [0.3, 0.4) is 0 Å². The summed E-state index contributed by atoms with van der Waals surface area (Å²) in [5.74, 6) is 2.90. The van der Waals surface area contributed by atoms with Crippen molar-refractivity contribution >= 4 is 11.6 Å². The molecule has 2 fully saturated rings. The molecule has 2 aliphatic heterocycles. The van der Waals surface area contributed by atoms with Gasteiger partial charge >= 0.3 is 0 Å². The maximum absolute atomic E-state index is 10.8. The van der Waals surface area contributed by atoms with E-state index < -0.39 is 6.10 Å². The van der Waals surface area contributed by atoms with E-state index in [2.05, 4.69) is 30.8 Å².